The fourth-order valence-corrected chi connectivity index (χ4v) is 2.78. The normalized spacial score (nSPS) is 10.4. The quantitative estimate of drug-likeness (QED) is 0.188. The third kappa shape index (κ3) is 9.49. The van der Waals surface area contributed by atoms with Gasteiger partial charge in [0, 0.05) is 13.2 Å². The molecule has 31 heavy (non-hydrogen) atoms. The molecule has 0 bridgehead atoms. The van der Waals surface area contributed by atoms with E-state index in [2.05, 4.69) is 6.58 Å². The van der Waals surface area contributed by atoms with E-state index >= 15 is 0 Å². The van der Waals surface area contributed by atoms with Gasteiger partial charge in [0.15, 0.2) is 0 Å². The lowest BCUT2D eigenvalue weighted by Gasteiger charge is -2.08. The molecule has 0 aliphatic rings. The van der Waals surface area contributed by atoms with Gasteiger partial charge in [-0.05, 0) is 74.1 Å². The Balaban J connectivity index is 1.66. The maximum Gasteiger partial charge on any atom is 0.343 e. The number of unbranched alkanes of at least 4 members (excludes halogenated alkanes) is 3. The lowest BCUT2D eigenvalue weighted by Crippen LogP contribution is -2.08. The van der Waals surface area contributed by atoms with Crippen LogP contribution in [0.1, 0.15) is 41.6 Å². The maximum atomic E-state index is 12.3. The summed E-state index contributed by atoms with van der Waals surface area (Å²) < 4.78 is 21.1. The van der Waals surface area contributed by atoms with Crippen molar-refractivity contribution in [3.8, 4) is 11.5 Å². The molecule has 0 N–H and O–H groups in total. The molecule has 2 rings (SSSR count). The first-order valence-electron chi connectivity index (χ1n) is 10.4. The molecular formula is C25H30O6. The van der Waals surface area contributed by atoms with Crippen LogP contribution >= 0.6 is 0 Å². The average molecular weight is 427 g/mol. The number of hydrogen-bond donors (Lipinski definition) is 0. The Hall–Kier alpha value is -3.12. The van der Waals surface area contributed by atoms with E-state index in [4.69, 9.17) is 18.9 Å². The van der Waals surface area contributed by atoms with Crippen LogP contribution in [0.25, 0.3) is 0 Å². The Kier molecular flexibility index (Phi) is 10.9. The first kappa shape index (κ1) is 24.2. The van der Waals surface area contributed by atoms with E-state index in [0.29, 0.717) is 36.9 Å². The summed E-state index contributed by atoms with van der Waals surface area (Å²) in [7, 11) is 1.67. The summed E-state index contributed by atoms with van der Waals surface area (Å²) in [6.45, 7) is 5.01. The van der Waals surface area contributed by atoms with Crippen molar-refractivity contribution in [1.29, 1.82) is 0 Å². The van der Waals surface area contributed by atoms with E-state index in [9.17, 15) is 9.59 Å². The molecule has 0 aromatic heterocycles. The number of carbonyl (C=O) groups excluding carboxylic acids is 2. The summed E-state index contributed by atoms with van der Waals surface area (Å²) in [5.41, 5.74) is 1.59. The van der Waals surface area contributed by atoms with E-state index in [1.54, 1.807) is 43.5 Å². The Morgan fingerprint density at radius 2 is 1.48 bits per heavy atom. The van der Waals surface area contributed by atoms with Crippen LogP contribution in [0.4, 0.5) is 0 Å². The maximum absolute atomic E-state index is 12.3. The second-order valence-electron chi connectivity index (χ2n) is 6.93. The number of methoxy groups -OCH3 is 1. The number of hydrogen-bond acceptors (Lipinski definition) is 6. The van der Waals surface area contributed by atoms with Gasteiger partial charge in [0.05, 0.1) is 25.4 Å². The van der Waals surface area contributed by atoms with Gasteiger partial charge in [0.1, 0.15) is 11.5 Å². The van der Waals surface area contributed by atoms with Gasteiger partial charge in [0.2, 0.25) is 0 Å². The zero-order valence-electron chi connectivity index (χ0n) is 18.0. The fourth-order valence-electron chi connectivity index (χ4n) is 2.78. The molecule has 0 saturated heterocycles. The Morgan fingerprint density at radius 1 is 0.839 bits per heavy atom. The van der Waals surface area contributed by atoms with Crippen LogP contribution < -0.4 is 9.47 Å². The Labute approximate surface area is 183 Å². The highest BCUT2D eigenvalue weighted by Gasteiger charge is 2.09. The minimum atomic E-state index is -0.409. The lowest BCUT2D eigenvalue weighted by molar-refractivity contribution is -0.137. The van der Waals surface area contributed by atoms with Gasteiger partial charge in [-0.3, -0.25) is 0 Å². The molecule has 0 fully saturated rings. The van der Waals surface area contributed by atoms with Crippen LogP contribution in [0.2, 0.25) is 0 Å². The molecule has 0 aliphatic carbocycles. The molecule has 0 heterocycles. The van der Waals surface area contributed by atoms with E-state index in [-0.39, 0.29) is 5.97 Å². The topological polar surface area (TPSA) is 71.1 Å². The number of esters is 2. The molecule has 0 aliphatic heterocycles. The fraction of sp³-hybridized carbons (Fsp3) is 0.360. The zero-order chi connectivity index (χ0) is 22.3. The van der Waals surface area contributed by atoms with Crippen molar-refractivity contribution in [2.45, 2.75) is 32.1 Å². The highest BCUT2D eigenvalue weighted by atomic mass is 16.5. The predicted molar refractivity (Wildman–Crippen MR) is 119 cm³/mol. The van der Waals surface area contributed by atoms with Gasteiger partial charge in [0.25, 0.3) is 0 Å². The summed E-state index contributed by atoms with van der Waals surface area (Å²) in [5, 5.41) is 0. The summed E-state index contributed by atoms with van der Waals surface area (Å²) in [4.78, 5) is 23.2. The van der Waals surface area contributed by atoms with Crippen LogP contribution in [0.5, 0.6) is 11.5 Å². The molecule has 0 radical (unpaired) electrons. The average Bonchev–Trinajstić information content (AvgIpc) is 2.80. The molecular weight excluding hydrogens is 396 g/mol. The largest absolute Gasteiger partial charge is 0.494 e. The van der Waals surface area contributed by atoms with Crippen molar-refractivity contribution in [3.05, 3.63) is 72.3 Å². The molecule has 0 unspecified atom stereocenters. The highest BCUT2D eigenvalue weighted by molar-refractivity contribution is 5.91. The number of rotatable bonds is 14. The van der Waals surface area contributed by atoms with Crippen LogP contribution in [-0.4, -0.2) is 38.9 Å². The highest BCUT2D eigenvalue weighted by Crippen LogP contribution is 2.17. The Morgan fingerprint density at radius 3 is 2.13 bits per heavy atom. The second kappa shape index (κ2) is 14.0. The van der Waals surface area contributed by atoms with Gasteiger partial charge in [-0.2, -0.15) is 0 Å². The van der Waals surface area contributed by atoms with Gasteiger partial charge in [-0.1, -0.05) is 18.7 Å². The minimum Gasteiger partial charge on any atom is -0.494 e. The number of ether oxygens (including phenoxy) is 4. The summed E-state index contributed by atoms with van der Waals surface area (Å²) >= 11 is 0. The third-order valence-electron chi connectivity index (χ3n) is 4.54. The van der Waals surface area contributed by atoms with E-state index in [0.717, 1.165) is 37.7 Å². The molecule has 166 valence electrons. The lowest BCUT2D eigenvalue weighted by atomic mass is 10.1. The molecule has 6 heteroatoms. The minimum absolute atomic E-state index is 0.383. The van der Waals surface area contributed by atoms with Gasteiger partial charge in [-0.25, -0.2) is 9.59 Å². The second-order valence-corrected chi connectivity index (χ2v) is 6.93. The number of carbonyl (C=O) groups is 2. The van der Waals surface area contributed by atoms with Crippen LogP contribution in [-0.2, 0) is 20.7 Å². The molecule has 0 spiro atoms. The predicted octanol–water partition coefficient (Wildman–Crippen LogP) is 4.76. The van der Waals surface area contributed by atoms with Crippen LogP contribution in [0, 0.1) is 0 Å². The van der Waals surface area contributed by atoms with Crippen molar-refractivity contribution in [1.82, 2.24) is 0 Å². The van der Waals surface area contributed by atoms with Crippen molar-refractivity contribution in [2.75, 3.05) is 26.9 Å². The van der Waals surface area contributed by atoms with Gasteiger partial charge >= 0.3 is 11.9 Å². The van der Waals surface area contributed by atoms with Gasteiger partial charge < -0.3 is 18.9 Å². The first-order valence-corrected chi connectivity index (χ1v) is 10.4. The molecule has 6 nitrogen and oxygen atoms in total. The summed E-state index contributed by atoms with van der Waals surface area (Å²) in [6, 6.07) is 14.3. The van der Waals surface area contributed by atoms with E-state index in [1.807, 2.05) is 12.1 Å². The van der Waals surface area contributed by atoms with Crippen molar-refractivity contribution < 1.29 is 28.5 Å². The molecule has 0 atom stereocenters. The molecule has 0 saturated carbocycles. The number of benzene rings is 2. The zero-order valence-corrected chi connectivity index (χ0v) is 18.0. The van der Waals surface area contributed by atoms with Crippen molar-refractivity contribution in [2.24, 2.45) is 0 Å². The van der Waals surface area contributed by atoms with Crippen molar-refractivity contribution in [3.63, 3.8) is 0 Å². The smallest absolute Gasteiger partial charge is 0.343 e. The molecule has 2 aromatic rings. The first-order chi connectivity index (χ1) is 15.1. The molecule has 0 amide bonds. The summed E-state index contributed by atoms with van der Waals surface area (Å²) in [5.74, 6) is 0.421. The van der Waals surface area contributed by atoms with E-state index in [1.165, 1.54) is 6.08 Å². The van der Waals surface area contributed by atoms with Crippen LogP contribution in [0.15, 0.2) is 61.2 Å². The third-order valence-corrected chi connectivity index (χ3v) is 4.54. The van der Waals surface area contributed by atoms with Gasteiger partial charge in [-0.15, -0.1) is 0 Å². The molecule has 2 aromatic carbocycles. The SMILES string of the molecule is C=CC(=O)OCCCCCCOc1ccc(C(=O)Oc2ccc(CCOC)cc2)cc1. The van der Waals surface area contributed by atoms with E-state index < -0.39 is 5.97 Å². The van der Waals surface area contributed by atoms with Crippen LogP contribution in [0.3, 0.4) is 0 Å². The van der Waals surface area contributed by atoms with Crippen molar-refractivity contribution >= 4 is 11.9 Å². The summed E-state index contributed by atoms with van der Waals surface area (Å²) in [6.07, 6.45) is 5.66. The monoisotopic (exact) mass is 426 g/mol. The Bertz CT molecular complexity index is 811. The standard InChI is InChI=1S/C25H30O6/c1-3-24(26)30-18-7-5-4-6-17-29-22-14-10-21(11-15-22)25(27)31-23-12-8-20(9-13-23)16-19-28-2/h3,8-15H,1,4-7,16-19H2,2H3.